The molecule has 2 heterocycles. The van der Waals surface area contributed by atoms with Crippen LogP contribution in [0, 0.1) is 11.8 Å². The molecule has 1 fully saturated rings. The van der Waals surface area contributed by atoms with Gasteiger partial charge in [-0.1, -0.05) is 76.6 Å². The van der Waals surface area contributed by atoms with Crippen molar-refractivity contribution in [2.75, 3.05) is 6.61 Å². The topological polar surface area (TPSA) is 84.3 Å². The van der Waals surface area contributed by atoms with Crippen LogP contribution in [0.15, 0.2) is 15.8 Å². The summed E-state index contributed by atoms with van der Waals surface area (Å²) < 4.78 is 20.3. The van der Waals surface area contributed by atoms with Crippen LogP contribution in [-0.2, 0) is 4.74 Å². The number of aliphatic hydroxyl groups is 1. The minimum absolute atomic E-state index is 0.0529. The second-order valence-corrected chi connectivity index (χ2v) is 8.01. The van der Waals surface area contributed by atoms with Gasteiger partial charge >= 0.3 is 5.69 Å². The molecule has 168 valence electrons. The van der Waals surface area contributed by atoms with E-state index in [0.717, 1.165) is 17.4 Å². The van der Waals surface area contributed by atoms with E-state index in [0.29, 0.717) is 6.42 Å². The Kier molecular flexibility index (Phi) is 10.9. The van der Waals surface area contributed by atoms with Gasteiger partial charge < -0.3 is 9.84 Å². The molecule has 2 rings (SSSR count). The van der Waals surface area contributed by atoms with Crippen molar-refractivity contribution in [1.82, 2.24) is 9.55 Å². The van der Waals surface area contributed by atoms with E-state index in [-0.39, 0.29) is 12.0 Å². The molecule has 1 aromatic rings. The fraction of sp³-hybridized carbons (Fsp3) is 0.739. The van der Waals surface area contributed by atoms with Crippen LogP contribution in [0.1, 0.15) is 95.8 Å². The number of halogens is 1. The largest absolute Gasteiger partial charge is 0.394 e. The Morgan fingerprint density at radius 1 is 1.13 bits per heavy atom. The third-order valence-corrected chi connectivity index (χ3v) is 5.50. The third-order valence-electron chi connectivity index (χ3n) is 5.50. The van der Waals surface area contributed by atoms with E-state index in [9.17, 15) is 14.0 Å². The van der Waals surface area contributed by atoms with Gasteiger partial charge in [-0.2, -0.15) is 0 Å². The average molecular weight is 423 g/mol. The van der Waals surface area contributed by atoms with Crippen molar-refractivity contribution in [2.24, 2.45) is 0 Å². The Labute approximate surface area is 177 Å². The highest BCUT2D eigenvalue weighted by atomic mass is 19.1. The molecule has 6 nitrogen and oxygen atoms in total. The van der Waals surface area contributed by atoms with E-state index in [2.05, 4.69) is 23.7 Å². The molecule has 1 aromatic heterocycles. The third kappa shape index (κ3) is 7.73. The number of H-pyrrole nitrogens is 1. The van der Waals surface area contributed by atoms with Gasteiger partial charge in [0, 0.05) is 19.0 Å². The molecule has 2 N–H and O–H groups in total. The molecule has 3 atom stereocenters. The first-order valence-electron chi connectivity index (χ1n) is 11.3. The number of hydrogen-bond acceptors (Lipinski definition) is 4. The SMILES string of the molecule is CCCCCCCCCCCCC#Cc1cn([C@H]2C[C@H](F)[C@@H](CO)O2)c(=O)[nH]c1=O. The first-order valence-corrected chi connectivity index (χ1v) is 11.3. The van der Waals surface area contributed by atoms with Crippen molar-refractivity contribution >= 4 is 0 Å². The Bertz CT molecular complexity index is 808. The minimum Gasteiger partial charge on any atom is -0.394 e. The van der Waals surface area contributed by atoms with Crippen molar-refractivity contribution in [3.05, 3.63) is 32.6 Å². The number of nitrogens with one attached hydrogen (secondary N) is 1. The quantitative estimate of drug-likeness (QED) is 0.396. The summed E-state index contributed by atoms with van der Waals surface area (Å²) in [4.78, 5) is 26.3. The molecule has 7 heteroatoms. The summed E-state index contributed by atoms with van der Waals surface area (Å²) in [7, 11) is 0. The number of aliphatic hydroxyl groups excluding tert-OH is 1. The fourth-order valence-electron chi connectivity index (χ4n) is 3.67. The van der Waals surface area contributed by atoms with Gasteiger partial charge in [-0.05, 0) is 6.42 Å². The second kappa shape index (κ2) is 13.4. The first-order chi connectivity index (χ1) is 14.6. The molecule has 30 heavy (non-hydrogen) atoms. The van der Waals surface area contributed by atoms with Crippen LogP contribution in [-0.4, -0.2) is 33.5 Å². The van der Waals surface area contributed by atoms with Crippen LogP contribution in [0.4, 0.5) is 4.39 Å². The molecule has 0 spiro atoms. The number of hydrogen-bond donors (Lipinski definition) is 2. The van der Waals surface area contributed by atoms with Crippen molar-refractivity contribution < 1.29 is 14.2 Å². The van der Waals surface area contributed by atoms with Gasteiger partial charge in [0.2, 0.25) is 0 Å². The molecule has 0 amide bonds. The van der Waals surface area contributed by atoms with Gasteiger partial charge in [-0.3, -0.25) is 14.3 Å². The smallest absolute Gasteiger partial charge is 0.330 e. The standard InChI is InChI=1S/C23H35FN2O4/c1-2-3-4-5-6-7-8-9-10-11-12-13-14-18-16-26(23(29)25-22(18)28)21-15-19(24)20(17-27)30-21/h16,19-21,27H,2-12,15,17H2,1H3,(H,25,28,29)/t19-,20+,21+/m0/s1. The molecule has 0 aromatic carbocycles. The van der Waals surface area contributed by atoms with Crippen LogP contribution in [0.2, 0.25) is 0 Å². The predicted octanol–water partition coefficient (Wildman–Crippen LogP) is 3.82. The summed E-state index contributed by atoms with van der Waals surface area (Å²) in [5.74, 6) is 5.81. The zero-order chi connectivity index (χ0) is 21.8. The lowest BCUT2D eigenvalue weighted by molar-refractivity contribution is -0.0356. The van der Waals surface area contributed by atoms with Gasteiger partial charge in [0.25, 0.3) is 5.56 Å². The van der Waals surface area contributed by atoms with Gasteiger partial charge in [0.05, 0.1) is 6.61 Å². The zero-order valence-electron chi connectivity index (χ0n) is 18.0. The maximum atomic E-state index is 13.8. The molecular formula is C23H35FN2O4. The van der Waals surface area contributed by atoms with E-state index < -0.39 is 36.4 Å². The molecule has 1 saturated heterocycles. The fourth-order valence-corrected chi connectivity index (χ4v) is 3.67. The summed E-state index contributed by atoms with van der Waals surface area (Å²) in [5.41, 5.74) is -1.07. The molecule has 0 bridgehead atoms. The Morgan fingerprint density at radius 2 is 1.77 bits per heavy atom. The number of rotatable bonds is 12. The maximum Gasteiger partial charge on any atom is 0.330 e. The van der Waals surface area contributed by atoms with E-state index in [4.69, 9.17) is 9.84 Å². The highest BCUT2D eigenvalue weighted by molar-refractivity contribution is 5.29. The number of aromatic amines is 1. The van der Waals surface area contributed by atoms with Gasteiger partial charge in [0.1, 0.15) is 24.1 Å². The number of aromatic nitrogens is 2. The highest BCUT2D eigenvalue weighted by Gasteiger charge is 2.36. The lowest BCUT2D eigenvalue weighted by Gasteiger charge is -2.14. The van der Waals surface area contributed by atoms with Crippen molar-refractivity contribution in [1.29, 1.82) is 0 Å². The Morgan fingerprint density at radius 3 is 2.37 bits per heavy atom. The van der Waals surface area contributed by atoms with E-state index in [1.807, 2.05) is 0 Å². The molecule has 0 saturated carbocycles. The molecule has 1 aliphatic heterocycles. The van der Waals surface area contributed by atoms with E-state index >= 15 is 0 Å². The van der Waals surface area contributed by atoms with Crippen molar-refractivity contribution in [3.8, 4) is 11.8 Å². The van der Waals surface area contributed by atoms with E-state index in [1.54, 1.807) is 0 Å². The van der Waals surface area contributed by atoms with Crippen molar-refractivity contribution in [3.63, 3.8) is 0 Å². The number of nitrogens with zero attached hydrogens (tertiary/aromatic N) is 1. The van der Waals surface area contributed by atoms with Crippen LogP contribution in [0.3, 0.4) is 0 Å². The zero-order valence-corrected chi connectivity index (χ0v) is 18.0. The predicted molar refractivity (Wildman–Crippen MR) is 115 cm³/mol. The number of alkyl halides is 1. The lowest BCUT2D eigenvalue weighted by Crippen LogP contribution is -2.33. The van der Waals surface area contributed by atoms with E-state index in [1.165, 1.54) is 57.6 Å². The summed E-state index contributed by atoms with van der Waals surface area (Å²) in [5, 5.41) is 9.12. The van der Waals surface area contributed by atoms with Crippen LogP contribution < -0.4 is 11.2 Å². The normalized spacial score (nSPS) is 20.8. The maximum absolute atomic E-state index is 13.8. The molecule has 0 radical (unpaired) electrons. The highest BCUT2D eigenvalue weighted by Crippen LogP contribution is 2.29. The van der Waals surface area contributed by atoms with Crippen LogP contribution >= 0.6 is 0 Å². The van der Waals surface area contributed by atoms with Crippen LogP contribution in [0.5, 0.6) is 0 Å². The number of unbranched alkanes of at least 4 members (excludes halogenated alkanes) is 10. The van der Waals surface area contributed by atoms with Crippen LogP contribution in [0.25, 0.3) is 0 Å². The Balaban J connectivity index is 1.76. The lowest BCUT2D eigenvalue weighted by atomic mass is 10.1. The monoisotopic (exact) mass is 422 g/mol. The van der Waals surface area contributed by atoms with Gasteiger partial charge in [0.15, 0.2) is 0 Å². The Hall–Kier alpha value is -1.91. The summed E-state index contributed by atoms with van der Waals surface area (Å²) in [6, 6.07) is 0. The summed E-state index contributed by atoms with van der Waals surface area (Å²) >= 11 is 0. The second-order valence-electron chi connectivity index (χ2n) is 8.01. The number of ether oxygens (including phenoxy) is 1. The summed E-state index contributed by atoms with van der Waals surface area (Å²) in [6.45, 7) is 1.77. The van der Waals surface area contributed by atoms with Crippen molar-refractivity contribution in [2.45, 2.75) is 102 Å². The molecule has 0 aliphatic carbocycles. The molecule has 1 aliphatic rings. The first kappa shape index (κ1) is 24.4. The van der Waals surface area contributed by atoms with Gasteiger partial charge in [-0.25, -0.2) is 9.18 Å². The average Bonchev–Trinajstić information content (AvgIpc) is 3.10. The molecular weight excluding hydrogens is 387 g/mol. The minimum atomic E-state index is -1.36. The van der Waals surface area contributed by atoms with Gasteiger partial charge in [-0.15, -0.1) is 0 Å². The summed E-state index contributed by atoms with van der Waals surface area (Å²) in [6.07, 6.45) is 11.3. The molecule has 0 unspecified atom stereocenters.